The van der Waals surface area contributed by atoms with Crippen LogP contribution in [0.1, 0.15) is 36.3 Å². The van der Waals surface area contributed by atoms with Crippen LogP contribution < -0.4 is 4.74 Å². The van der Waals surface area contributed by atoms with Gasteiger partial charge in [0.1, 0.15) is 23.1 Å². The fraction of sp³-hybridized carbons (Fsp3) is 0.259. The lowest BCUT2D eigenvalue weighted by molar-refractivity contribution is 0.256. The Kier molecular flexibility index (Phi) is 7.56. The highest BCUT2D eigenvalue weighted by Crippen LogP contribution is 2.30. The molecule has 1 heterocycles. The number of hydrogen-bond donors (Lipinski definition) is 0. The number of nitrogens with zero attached hydrogens (tertiary/aromatic N) is 1. The Labute approximate surface area is 193 Å². The zero-order valence-corrected chi connectivity index (χ0v) is 18.6. The van der Waals surface area contributed by atoms with Gasteiger partial charge < -0.3 is 4.74 Å². The fourth-order valence-electron chi connectivity index (χ4n) is 4.11. The van der Waals surface area contributed by atoms with E-state index in [1.54, 1.807) is 0 Å². The molecule has 1 aliphatic heterocycles. The molecule has 2 nitrogen and oxygen atoms in total. The van der Waals surface area contributed by atoms with Crippen LogP contribution in [0.4, 0.5) is 8.78 Å². The largest absolute Gasteiger partial charge is 0.462 e. The highest BCUT2D eigenvalue weighted by Gasteiger charge is 2.17. The van der Waals surface area contributed by atoms with E-state index in [-0.39, 0.29) is 17.6 Å². The molecule has 0 radical (unpaired) electrons. The third-order valence-corrected chi connectivity index (χ3v) is 6.04. The van der Waals surface area contributed by atoms with E-state index in [1.165, 1.54) is 24.3 Å². The molecule has 3 aromatic carbocycles. The predicted octanol–water partition coefficient (Wildman–Crippen LogP) is 7.20. The van der Waals surface area contributed by atoms with Crippen molar-refractivity contribution in [2.45, 2.75) is 25.2 Å². The van der Waals surface area contributed by atoms with E-state index in [4.69, 9.17) is 16.3 Å². The van der Waals surface area contributed by atoms with Crippen LogP contribution in [0.5, 0.6) is 5.75 Å². The van der Waals surface area contributed by atoms with Crippen LogP contribution in [0, 0.1) is 11.6 Å². The molecule has 32 heavy (non-hydrogen) atoms. The maximum Gasteiger partial charge on any atom is 0.128 e. The Bertz CT molecular complexity index is 1000. The average molecular weight is 454 g/mol. The number of ether oxygens (including phenoxy) is 1. The van der Waals surface area contributed by atoms with Gasteiger partial charge in [-0.2, -0.15) is 0 Å². The molecule has 1 aliphatic rings. The van der Waals surface area contributed by atoms with E-state index in [1.807, 2.05) is 48.5 Å². The van der Waals surface area contributed by atoms with Gasteiger partial charge in [0.15, 0.2) is 0 Å². The standard InChI is InChI=1S/C27H26ClF2NO/c28-22-3-1-4-26(19-22)32-25-14-17-31(18-15-25)16-2-5-27(20-6-10-23(29)11-7-20)21-8-12-24(30)13-9-21/h1,3-4,6-14,19,27H,2,5,15-18H2. The third-order valence-electron chi connectivity index (χ3n) is 5.81. The molecule has 0 aromatic heterocycles. The van der Waals surface area contributed by atoms with Gasteiger partial charge in [-0.05, 0) is 79.1 Å². The van der Waals surface area contributed by atoms with Crippen molar-refractivity contribution in [2.24, 2.45) is 0 Å². The molecule has 0 unspecified atom stereocenters. The summed E-state index contributed by atoms with van der Waals surface area (Å²) in [6, 6.07) is 20.7. The second-order valence-electron chi connectivity index (χ2n) is 8.08. The molecule has 5 heteroatoms. The summed E-state index contributed by atoms with van der Waals surface area (Å²) >= 11 is 6.03. The lowest BCUT2D eigenvalue weighted by atomic mass is 9.87. The summed E-state index contributed by atoms with van der Waals surface area (Å²) in [5.41, 5.74) is 2.10. The summed E-state index contributed by atoms with van der Waals surface area (Å²) < 4.78 is 32.8. The molecule has 4 rings (SSSR count). The lowest BCUT2D eigenvalue weighted by Crippen LogP contribution is -2.30. The molecule has 3 aromatic rings. The maximum atomic E-state index is 13.4. The zero-order chi connectivity index (χ0) is 22.3. The summed E-state index contributed by atoms with van der Waals surface area (Å²) in [5, 5.41) is 0.664. The molecule has 0 aliphatic carbocycles. The van der Waals surface area contributed by atoms with Crippen LogP contribution in [0.25, 0.3) is 0 Å². The van der Waals surface area contributed by atoms with Crippen LogP contribution in [-0.4, -0.2) is 24.5 Å². The summed E-state index contributed by atoms with van der Waals surface area (Å²) in [4.78, 5) is 2.40. The van der Waals surface area contributed by atoms with Gasteiger partial charge in [0, 0.05) is 30.5 Å². The van der Waals surface area contributed by atoms with Crippen molar-refractivity contribution in [3.63, 3.8) is 0 Å². The summed E-state index contributed by atoms with van der Waals surface area (Å²) in [5.74, 6) is 1.35. The van der Waals surface area contributed by atoms with E-state index < -0.39 is 0 Å². The van der Waals surface area contributed by atoms with Crippen molar-refractivity contribution >= 4 is 11.6 Å². The van der Waals surface area contributed by atoms with E-state index in [0.717, 1.165) is 61.5 Å². The molecule has 166 valence electrons. The first kappa shape index (κ1) is 22.5. The quantitative estimate of drug-likeness (QED) is 0.357. The monoisotopic (exact) mass is 453 g/mol. The molecule has 0 bridgehead atoms. The fourth-order valence-corrected chi connectivity index (χ4v) is 4.29. The molecule has 0 fully saturated rings. The number of hydrogen-bond acceptors (Lipinski definition) is 2. The van der Waals surface area contributed by atoms with E-state index in [2.05, 4.69) is 11.0 Å². The van der Waals surface area contributed by atoms with Crippen molar-refractivity contribution < 1.29 is 13.5 Å². The van der Waals surface area contributed by atoms with Gasteiger partial charge in [0.2, 0.25) is 0 Å². The minimum absolute atomic E-state index is 0.109. The molecule has 0 saturated heterocycles. The van der Waals surface area contributed by atoms with Gasteiger partial charge in [-0.1, -0.05) is 41.9 Å². The predicted molar refractivity (Wildman–Crippen MR) is 125 cm³/mol. The summed E-state index contributed by atoms with van der Waals surface area (Å²) in [6.45, 7) is 2.73. The first-order valence-electron chi connectivity index (χ1n) is 10.9. The van der Waals surface area contributed by atoms with Gasteiger partial charge in [-0.25, -0.2) is 8.78 Å². The van der Waals surface area contributed by atoms with Crippen molar-refractivity contribution in [3.8, 4) is 5.75 Å². The van der Waals surface area contributed by atoms with Crippen LogP contribution in [-0.2, 0) is 0 Å². The normalized spacial score (nSPS) is 14.4. The Morgan fingerprint density at radius 3 is 2.12 bits per heavy atom. The summed E-state index contributed by atoms with van der Waals surface area (Å²) in [7, 11) is 0. The molecule has 0 N–H and O–H groups in total. The SMILES string of the molecule is Fc1ccc(C(CCCN2CC=C(Oc3cccc(Cl)c3)CC2)c2ccc(F)cc2)cc1. The molecule has 0 amide bonds. The molecular weight excluding hydrogens is 428 g/mol. The van der Waals surface area contributed by atoms with Crippen molar-refractivity contribution in [1.29, 1.82) is 0 Å². The topological polar surface area (TPSA) is 12.5 Å². The smallest absolute Gasteiger partial charge is 0.128 e. The second-order valence-corrected chi connectivity index (χ2v) is 8.51. The Morgan fingerprint density at radius 1 is 0.906 bits per heavy atom. The van der Waals surface area contributed by atoms with Crippen LogP contribution >= 0.6 is 11.6 Å². The lowest BCUT2D eigenvalue weighted by Gasteiger charge is -2.27. The Morgan fingerprint density at radius 2 is 1.56 bits per heavy atom. The van der Waals surface area contributed by atoms with Crippen molar-refractivity contribution in [2.75, 3.05) is 19.6 Å². The maximum absolute atomic E-state index is 13.4. The molecule has 0 saturated carbocycles. The minimum atomic E-state index is -0.248. The van der Waals surface area contributed by atoms with E-state index in [9.17, 15) is 8.78 Å². The van der Waals surface area contributed by atoms with Gasteiger partial charge in [0.25, 0.3) is 0 Å². The van der Waals surface area contributed by atoms with Gasteiger partial charge >= 0.3 is 0 Å². The van der Waals surface area contributed by atoms with E-state index in [0.29, 0.717) is 5.02 Å². The number of benzene rings is 3. The van der Waals surface area contributed by atoms with Gasteiger partial charge in [0.05, 0.1) is 0 Å². The summed E-state index contributed by atoms with van der Waals surface area (Å²) in [6.07, 6.45) is 4.87. The molecular formula is C27H26ClF2NO. The van der Waals surface area contributed by atoms with Crippen LogP contribution in [0.3, 0.4) is 0 Å². The average Bonchev–Trinajstić information content (AvgIpc) is 2.80. The van der Waals surface area contributed by atoms with Gasteiger partial charge in [-0.15, -0.1) is 0 Å². The van der Waals surface area contributed by atoms with Crippen LogP contribution in [0.15, 0.2) is 84.6 Å². The van der Waals surface area contributed by atoms with Crippen LogP contribution in [0.2, 0.25) is 5.02 Å². The third kappa shape index (κ3) is 6.18. The first-order valence-corrected chi connectivity index (χ1v) is 11.3. The molecule has 0 spiro atoms. The van der Waals surface area contributed by atoms with Gasteiger partial charge in [-0.3, -0.25) is 4.90 Å². The highest BCUT2D eigenvalue weighted by atomic mass is 35.5. The van der Waals surface area contributed by atoms with Crippen molar-refractivity contribution in [3.05, 3.63) is 112 Å². The minimum Gasteiger partial charge on any atom is -0.462 e. The second kappa shape index (κ2) is 10.8. The van der Waals surface area contributed by atoms with E-state index >= 15 is 0 Å². The Hall–Kier alpha value is -2.69. The highest BCUT2D eigenvalue weighted by molar-refractivity contribution is 6.30. The first-order chi connectivity index (χ1) is 15.6. The number of halogens is 3. The number of rotatable bonds is 8. The zero-order valence-electron chi connectivity index (χ0n) is 17.8. The van der Waals surface area contributed by atoms with Crippen molar-refractivity contribution in [1.82, 2.24) is 4.90 Å². The Balaban J connectivity index is 1.33. The molecule has 0 atom stereocenters.